The first-order chi connectivity index (χ1) is 14.2. The second-order valence-corrected chi connectivity index (χ2v) is 10.2. The molecule has 176 valence electrons. The van der Waals surface area contributed by atoms with Gasteiger partial charge in [0.1, 0.15) is 0 Å². The molecule has 0 saturated heterocycles. The number of carbonyl (C=O) groups is 1. The molecule has 1 unspecified atom stereocenters. The number of rotatable bonds is 16. The van der Waals surface area contributed by atoms with Crippen LogP contribution in [0.2, 0.25) is 0 Å². The number of carboxylic acids is 1. The van der Waals surface area contributed by atoms with Gasteiger partial charge in [-0.1, -0.05) is 84.3 Å². The largest absolute Gasteiger partial charge is 0.481 e. The Morgan fingerprint density at radius 3 is 2.30 bits per heavy atom. The van der Waals surface area contributed by atoms with E-state index in [9.17, 15) is 15.0 Å². The normalized spacial score (nSPS) is 23.1. The van der Waals surface area contributed by atoms with Gasteiger partial charge in [0, 0.05) is 12.3 Å². The summed E-state index contributed by atoms with van der Waals surface area (Å²) in [6.45, 7) is 8.82. The first-order valence-electron chi connectivity index (χ1n) is 12.5. The van der Waals surface area contributed by atoms with Crippen LogP contribution in [0.3, 0.4) is 0 Å². The highest BCUT2D eigenvalue weighted by molar-refractivity contribution is 5.66. The van der Waals surface area contributed by atoms with Crippen LogP contribution in [0, 0.1) is 11.3 Å². The van der Waals surface area contributed by atoms with Gasteiger partial charge in [0.2, 0.25) is 0 Å². The van der Waals surface area contributed by atoms with Crippen molar-refractivity contribution in [2.24, 2.45) is 11.3 Å². The van der Waals surface area contributed by atoms with Crippen LogP contribution < -0.4 is 0 Å². The molecule has 1 aliphatic rings. The highest BCUT2D eigenvalue weighted by Gasteiger charge is 2.42. The van der Waals surface area contributed by atoms with Crippen molar-refractivity contribution < 1.29 is 20.1 Å². The van der Waals surface area contributed by atoms with Gasteiger partial charge in [-0.25, -0.2) is 0 Å². The molecule has 0 radical (unpaired) electrons. The molecular formula is C26H48O4. The van der Waals surface area contributed by atoms with Crippen molar-refractivity contribution in [2.75, 3.05) is 0 Å². The second kappa shape index (κ2) is 13.5. The molecule has 1 rings (SSSR count). The van der Waals surface area contributed by atoms with Gasteiger partial charge in [0.25, 0.3) is 0 Å². The van der Waals surface area contributed by atoms with E-state index in [4.69, 9.17) is 5.11 Å². The van der Waals surface area contributed by atoms with Crippen molar-refractivity contribution >= 4 is 5.97 Å². The molecule has 4 heteroatoms. The fraction of sp³-hybridized carbons (Fsp3) is 0.885. The molecule has 1 saturated carbocycles. The van der Waals surface area contributed by atoms with Crippen LogP contribution in [0.5, 0.6) is 0 Å². The molecule has 0 aromatic carbocycles. The summed E-state index contributed by atoms with van der Waals surface area (Å²) in [5, 5.41) is 30.9. The number of aliphatic hydroxyl groups excluding tert-OH is 1. The van der Waals surface area contributed by atoms with Gasteiger partial charge in [0.05, 0.1) is 11.7 Å². The third-order valence-electron chi connectivity index (χ3n) is 7.39. The van der Waals surface area contributed by atoms with Crippen LogP contribution in [0.25, 0.3) is 0 Å². The Bertz CT molecular complexity index is 525. The summed E-state index contributed by atoms with van der Waals surface area (Å²) in [6.07, 6.45) is 15.7. The fourth-order valence-electron chi connectivity index (χ4n) is 4.91. The Morgan fingerprint density at radius 1 is 1.03 bits per heavy atom. The van der Waals surface area contributed by atoms with Gasteiger partial charge in [-0.05, 0) is 50.4 Å². The molecule has 0 aromatic heterocycles. The number of unbranched alkanes of at least 4 members (excludes halogenated alkanes) is 5. The van der Waals surface area contributed by atoms with Crippen molar-refractivity contribution in [3.63, 3.8) is 0 Å². The Kier molecular flexibility index (Phi) is 12.2. The average molecular weight is 425 g/mol. The van der Waals surface area contributed by atoms with Gasteiger partial charge in [-0.3, -0.25) is 4.79 Å². The van der Waals surface area contributed by atoms with Crippen molar-refractivity contribution in [3.8, 4) is 0 Å². The van der Waals surface area contributed by atoms with Crippen LogP contribution >= 0.6 is 0 Å². The summed E-state index contributed by atoms with van der Waals surface area (Å²) in [7, 11) is 0. The molecule has 0 aromatic rings. The molecular weight excluding hydrogens is 376 g/mol. The number of aliphatic carboxylic acids is 1. The zero-order valence-electron chi connectivity index (χ0n) is 20.1. The zero-order chi connectivity index (χ0) is 22.6. The van der Waals surface area contributed by atoms with Gasteiger partial charge >= 0.3 is 5.97 Å². The lowest BCUT2D eigenvalue weighted by molar-refractivity contribution is -0.137. The average Bonchev–Trinajstić information content (AvgIpc) is 3.05. The Morgan fingerprint density at radius 2 is 1.67 bits per heavy atom. The summed E-state index contributed by atoms with van der Waals surface area (Å²) in [4.78, 5) is 10.6. The summed E-state index contributed by atoms with van der Waals surface area (Å²) in [5.41, 5.74) is 0.515. The van der Waals surface area contributed by atoms with Crippen LogP contribution in [0.15, 0.2) is 11.6 Å². The monoisotopic (exact) mass is 424 g/mol. The molecule has 30 heavy (non-hydrogen) atoms. The fourth-order valence-corrected chi connectivity index (χ4v) is 4.91. The molecule has 0 amide bonds. The SMILES string of the molecule is CCCCC(C)(C)C(O)(CC=C1CC[C@H](O)[C@@H]1CCCCCCC(=O)O)CCCC. The van der Waals surface area contributed by atoms with Crippen molar-refractivity contribution in [3.05, 3.63) is 11.6 Å². The predicted molar refractivity (Wildman–Crippen MR) is 125 cm³/mol. The molecule has 0 bridgehead atoms. The maximum atomic E-state index is 11.7. The number of carboxylic acid groups (broad SMARTS) is 1. The number of hydrogen-bond acceptors (Lipinski definition) is 3. The predicted octanol–water partition coefficient (Wildman–Crippen LogP) is 6.64. The van der Waals surface area contributed by atoms with E-state index in [1.54, 1.807) is 0 Å². The van der Waals surface area contributed by atoms with E-state index < -0.39 is 11.6 Å². The van der Waals surface area contributed by atoms with E-state index in [2.05, 4.69) is 33.8 Å². The molecule has 0 aliphatic heterocycles. The summed E-state index contributed by atoms with van der Waals surface area (Å²) in [5.74, 6) is -0.512. The van der Waals surface area contributed by atoms with Crippen molar-refractivity contribution in [1.29, 1.82) is 0 Å². The molecule has 1 fully saturated rings. The maximum absolute atomic E-state index is 11.7. The first-order valence-corrected chi connectivity index (χ1v) is 12.5. The third-order valence-corrected chi connectivity index (χ3v) is 7.39. The summed E-state index contributed by atoms with van der Waals surface area (Å²) in [6, 6.07) is 0. The lowest BCUT2D eigenvalue weighted by Crippen LogP contribution is -2.44. The smallest absolute Gasteiger partial charge is 0.303 e. The van der Waals surface area contributed by atoms with Gasteiger partial charge in [-0.15, -0.1) is 0 Å². The zero-order valence-corrected chi connectivity index (χ0v) is 20.1. The Hall–Kier alpha value is -0.870. The van der Waals surface area contributed by atoms with E-state index in [0.29, 0.717) is 6.42 Å². The minimum absolute atomic E-state index is 0.119. The van der Waals surface area contributed by atoms with E-state index in [0.717, 1.165) is 83.5 Å². The molecule has 4 nitrogen and oxygen atoms in total. The minimum Gasteiger partial charge on any atom is -0.481 e. The van der Waals surface area contributed by atoms with E-state index >= 15 is 0 Å². The molecule has 3 atom stereocenters. The maximum Gasteiger partial charge on any atom is 0.303 e. The lowest BCUT2D eigenvalue weighted by atomic mass is 9.67. The van der Waals surface area contributed by atoms with E-state index in [-0.39, 0.29) is 23.9 Å². The summed E-state index contributed by atoms with van der Waals surface area (Å²) >= 11 is 0. The highest BCUT2D eigenvalue weighted by Crippen LogP contribution is 2.44. The Balaban J connectivity index is 2.72. The third kappa shape index (κ3) is 8.70. The highest BCUT2D eigenvalue weighted by atomic mass is 16.4. The van der Waals surface area contributed by atoms with E-state index in [1.165, 1.54) is 5.57 Å². The minimum atomic E-state index is -0.719. The standard InChI is InChI=1S/C26H48O4/c1-5-7-18-25(3,4)26(30,19-8-6-2)20-17-21-15-16-23(27)22(21)13-11-9-10-12-14-24(28)29/h17,22-23,27,30H,5-16,18-20H2,1-4H3,(H,28,29)/t22-,23+,26?/m1/s1. The van der Waals surface area contributed by atoms with Crippen molar-refractivity contribution in [1.82, 2.24) is 0 Å². The van der Waals surface area contributed by atoms with Crippen LogP contribution in [0.1, 0.15) is 124 Å². The Labute approximate surface area is 185 Å². The topological polar surface area (TPSA) is 77.8 Å². The molecule has 0 spiro atoms. The lowest BCUT2D eigenvalue weighted by Gasteiger charge is -2.43. The number of hydrogen-bond donors (Lipinski definition) is 3. The molecule has 0 heterocycles. The van der Waals surface area contributed by atoms with Gasteiger partial charge < -0.3 is 15.3 Å². The van der Waals surface area contributed by atoms with E-state index in [1.807, 2.05) is 0 Å². The van der Waals surface area contributed by atoms with Gasteiger partial charge in [0.15, 0.2) is 0 Å². The van der Waals surface area contributed by atoms with Crippen molar-refractivity contribution in [2.45, 2.75) is 136 Å². The van der Waals surface area contributed by atoms with Crippen LogP contribution in [-0.2, 0) is 4.79 Å². The molecule has 1 aliphatic carbocycles. The number of aliphatic hydroxyl groups is 2. The molecule has 3 N–H and O–H groups in total. The first kappa shape index (κ1) is 27.2. The quantitative estimate of drug-likeness (QED) is 0.192. The van der Waals surface area contributed by atoms with Crippen LogP contribution in [0.4, 0.5) is 0 Å². The summed E-state index contributed by atoms with van der Waals surface area (Å²) < 4.78 is 0. The van der Waals surface area contributed by atoms with Crippen LogP contribution in [-0.4, -0.2) is 33.0 Å². The second-order valence-electron chi connectivity index (χ2n) is 10.2. The van der Waals surface area contributed by atoms with Gasteiger partial charge in [-0.2, -0.15) is 0 Å².